The van der Waals surface area contributed by atoms with Gasteiger partial charge >= 0.3 is 0 Å². The highest BCUT2D eigenvalue weighted by molar-refractivity contribution is 5.32. The van der Waals surface area contributed by atoms with Gasteiger partial charge in [0, 0.05) is 12.7 Å². The van der Waals surface area contributed by atoms with Gasteiger partial charge in [-0.1, -0.05) is 26.3 Å². The van der Waals surface area contributed by atoms with Gasteiger partial charge in [-0.15, -0.1) is 0 Å². The summed E-state index contributed by atoms with van der Waals surface area (Å²) in [5.74, 6) is 1.71. The minimum Gasteiger partial charge on any atom is -0.370 e. The van der Waals surface area contributed by atoms with E-state index in [9.17, 15) is 0 Å². The molecule has 0 saturated heterocycles. The second-order valence-corrected chi connectivity index (χ2v) is 3.49. The average Bonchev–Trinajstić information content (AvgIpc) is 2.17. The molecule has 0 aliphatic rings. The van der Waals surface area contributed by atoms with Crippen LogP contribution in [0, 0.1) is 5.92 Å². The molecule has 0 aromatic carbocycles. The smallest absolute Gasteiger partial charge is 0.125 e. The van der Waals surface area contributed by atoms with E-state index in [0.717, 1.165) is 18.3 Å². The largest absolute Gasteiger partial charge is 0.370 e. The molecule has 13 heavy (non-hydrogen) atoms. The molecule has 1 heterocycles. The number of pyridine rings is 1. The monoisotopic (exact) mass is 178 g/mol. The summed E-state index contributed by atoms with van der Waals surface area (Å²) in [4.78, 5) is 4.20. The van der Waals surface area contributed by atoms with E-state index in [2.05, 4.69) is 24.1 Å². The standard InChI is InChI=1S/C11H18N2/c1-3-6-10(2)9-13-11-7-4-5-8-12-11/h4-5,7-8,10H,3,6,9H2,1-2H3,(H,12,13). The molecular weight excluding hydrogens is 160 g/mol. The first kappa shape index (κ1) is 10.0. The molecule has 0 fully saturated rings. The first-order valence-electron chi connectivity index (χ1n) is 4.97. The third-order valence-corrected chi connectivity index (χ3v) is 2.08. The fourth-order valence-electron chi connectivity index (χ4n) is 1.34. The van der Waals surface area contributed by atoms with Crippen LogP contribution < -0.4 is 5.32 Å². The molecule has 0 spiro atoms. The van der Waals surface area contributed by atoms with Gasteiger partial charge in [0.1, 0.15) is 5.82 Å². The van der Waals surface area contributed by atoms with E-state index in [1.165, 1.54) is 12.8 Å². The number of hydrogen-bond donors (Lipinski definition) is 1. The Kier molecular flexibility index (Phi) is 4.30. The van der Waals surface area contributed by atoms with E-state index in [1.54, 1.807) is 0 Å². The molecule has 0 saturated carbocycles. The average molecular weight is 178 g/mol. The lowest BCUT2D eigenvalue weighted by Crippen LogP contribution is -2.11. The van der Waals surface area contributed by atoms with Crippen LogP contribution in [-0.4, -0.2) is 11.5 Å². The van der Waals surface area contributed by atoms with Gasteiger partial charge < -0.3 is 5.32 Å². The Balaban J connectivity index is 2.27. The Morgan fingerprint density at radius 2 is 2.31 bits per heavy atom. The third kappa shape index (κ3) is 3.92. The van der Waals surface area contributed by atoms with Crippen molar-refractivity contribution in [2.75, 3.05) is 11.9 Å². The maximum absolute atomic E-state index is 4.20. The number of hydrogen-bond acceptors (Lipinski definition) is 2. The van der Waals surface area contributed by atoms with Crippen molar-refractivity contribution in [3.05, 3.63) is 24.4 Å². The molecule has 72 valence electrons. The number of nitrogens with zero attached hydrogens (tertiary/aromatic N) is 1. The molecule has 0 radical (unpaired) electrons. The zero-order valence-corrected chi connectivity index (χ0v) is 8.46. The van der Waals surface area contributed by atoms with Gasteiger partial charge in [-0.2, -0.15) is 0 Å². The maximum Gasteiger partial charge on any atom is 0.125 e. The van der Waals surface area contributed by atoms with Crippen LogP contribution in [0.15, 0.2) is 24.4 Å². The third-order valence-electron chi connectivity index (χ3n) is 2.08. The van der Waals surface area contributed by atoms with Crippen LogP contribution in [0.3, 0.4) is 0 Å². The van der Waals surface area contributed by atoms with E-state index in [-0.39, 0.29) is 0 Å². The van der Waals surface area contributed by atoms with Gasteiger partial charge in [0.15, 0.2) is 0 Å². The first-order chi connectivity index (χ1) is 6.33. The number of aromatic nitrogens is 1. The van der Waals surface area contributed by atoms with Crippen LogP contribution in [0.25, 0.3) is 0 Å². The van der Waals surface area contributed by atoms with Crippen LogP contribution in [0.5, 0.6) is 0 Å². The van der Waals surface area contributed by atoms with Crippen molar-refractivity contribution in [2.45, 2.75) is 26.7 Å². The van der Waals surface area contributed by atoms with Gasteiger partial charge in [0.05, 0.1) is 0 Å². The van der Waals surface area contributed by atoms with Crippen LogP contribution in [0.4, 0.5) is 5.82 Å². The summed E-state index contributed by atoms with van der Waals surface area (Å²) in [6, 6.07) is 5.93. The minimum atomic E-state index is 0.729. The zero-order chi connectivity index (χ0) is 9.52. The van der Waals surface area contributed by atoms with Crippen LogP contribution in [0.1, 0.15) is 26.7 Å². The Morgan fingerprint density at radius 3 is 2.92 bits per heavy atom. The molecule has 1 unspecified atom stereocenters. The molecule has 1 atom stereocenters. The highest BCUT2D eigenvalue weighted by atomic mass is 15.0. The minimum absolute atomic E-state index is 0.729. The first-order valence-corrected chi connectivity index (χ1v) is 4.97. The number of nitrogens with one attached hydrogen (secondary N) is 1. The van der Waals surface area contributed by atoms with E-state index in [1.807, 2.05) is 24.4 Å². The lowest BCUT2D eigenvalue weighted by molar-refractivity contribution is 0.550. The number of rotatable bonds is 5. The number of anilines is 1. The second kappa shape index (κ2) is 5.57. The van der Waals surface area contributed by atoms with Crippen molar-refractivity contribution < 1.29 is 0 Å². The summed E-state index contributed by atoms with van der Waals surface area (Å²) in [6.07, 6.45) is 4.34. The molecule has 2 nitrogen and oxygen atoms in total. The summed E-state index contributed by atoms with van der Waals surface area (Å²) in [5, 5.41) is 3.32. The van der Waals surface area contributed by atoms with Crippen molar-refractivity contribution in [1.82, 2.24) is 4.98 Å². The summed E-state index contributed by atoms with van der Waals surface area (Å²) in [6.45, 7) is 5.50. The fraction of sp³-hybridized carbons (Fsp3) is 0.545. The van der Waals surface area contributed by atoms with Crippen molar-refractivity contribution >= 4 is 5.82 Å². The molecule has 1 aromatic rings. The van der Waals surface area contributed by atoms with E-state index < -0.39 is 0 Å². The lowest BCUT2D eigenvalue weighted by Gasteiger charge is -2.11. The van der Waals surface area contributed by atoms with Gasteiger partial charge in [0.2, 0.25) is 0 Å². The van der Waals surface area contributed by atoms with Crippen LogP contribution in [0.2, 0.25) is 0 Å². The van der Waals surface area contributed by atoms with Crippen LogP contribution >= 0.6 is 0 Å². The molecule has 0 aliphatic heterocycles. The Hall–Kier alpha value is -1.05. The van der Waals surface area contributed by atoms with E-state index in [4.69, 9.17) is 0 Å². The lowest BCUT2D eigenvalue weighted by atomic mass is 10.1. The second-order valence-electron chi connectivity index (χ2n) is 3.49. The SMILES string of the molecule is CCCC(C)CNc1ccccn1. The normalized spacial score (nSPS) is 12.5. The molecule has 0 amide bonds. The predicted molar refractivity (Wildman–Crippen MR) is 56.8 cm³/mol. The highest BCUT2D eigenvalue weighted by Gasteiger charge is 1.99. The Labute approximate surface area is 80.4 Å². The topological polar surface area (TPSA) is 24.9 Å². The summed E-state index contributed by atoms with van der Waals surface area (Å²) < 4.78 is 0. The predicted octanol–water partition coefficient (Wildman–Crippen LogP) is 2.93. The van der Waals surface area contributed by atoms with Crippen molar-refractivity contribution in [2.24, 2.45) is 5.92 Å². The van der Waals surface area contributed by atoms with Crippen LogP contribution in [-0.2, 0) is 0 Å². The summed E-state index contributed by atoms with van der Waals surface area (Å²) in [7, 11) is 0. The van der Waals surface area contributed by atoms with Crippen molar-refractivity contribution in [3.63, 3.8) is 0 Å². The molecule has 1 rings (SSSR count). The summed E-state index contributed by atoms with van der Waals surface area (Å²) >= 11 is 0. The zero-order valence-electron chi connectivity index (χ0n) is 8.46. The van der Waals surface area contributed by atoms with E-state index >= 15 is 0 Å². The molecule has 1 N–H and O–H groups in total. The molecule has 1 aromatic heterocycles. The summed E-state index contributed by atoms with van der Waals surface area (Å²) in [5.41, 5.74) is 0. The Bertz CT molecular complexity index is 221. The molecular formula is C11H18N2. The van der Waals surface area contributed by atoms with Gasteiger partial charge in [0.25, 0.3) is 0 Å². The van der Waals surface area contributed by atoms with Gasteiger partial charge in [-0.3, -0.25) is 0 Å². The fourth-order valence-corrected chi connectivity index (χ4v) is 1.34. The maximum atomic E-state index is 4.20. The van der Waals surface area contributed by atoms with Gasteiger partial charge in [-0.25, -0.2) is 4.98 Å². The Morgan fingerprint density at radius 1 is 1.46 bits per heavy atom. The van der Waals surface area contributed by atoms with E-state index in [0.29, 0.717) is 0 Å². The van der Waals surface area contributed by atoms with Gasteiger partial charge in [-0.05, 0) is 24.5 Å². The highest BCUT2D eigenvalue weighted by Crippen LogP contribution is 2.06. The molecule has 0 aliphatic carbocycles. The molecule has 0 bridgehead atoms. The van der Waals surface area contributed by atoms with Crippen molar-refractivity contribution in [3.8, 4) is 0 Å². The van der Waals surface area contributed by atoms with Crippen molar-refractivity contribution in [1.29, 1.82) is 0 Å². The molecule has 2 heteroatoms. The quantitative estimate of drug-likeness (QED) is 0.749.